The minimum Gasteiger partial charge on any atom is -0.486 e. The summed E-state index contributed by atoms with van der Waals surface area (Å²) in [6, 6.07) is 9.19. The van der Waals surface area contributed by atoms with Gasteiger partial charge in [0.25, 0.3) is 0 Å². The number of hydrogen-bond donors (Lipinski definition) is 2. The second-order valence-electron chi connectivity index (χ2n) is 7.95. The standard InChI is InChI=1S/C23H18Cl4N4O.C3H8/c1-11-6-16(24)17(25)8-21(11)29-12(2)23-15-7-14(4-5-20(15)30-31-23)32-13(3)22-18(26)9-28-10-19(22)27;1-3-2/h4-10,13,29H,2H2,1,3H3,(H,30,31);3H2,1-2H3. The van der Waals surface area contributed by atoms with Crippen LogP contribution in [0.3, 0.4) is 0 Å². The monoisotopic (exact) mass is 550 g/mol. The molecule has 2 N–H and O–H groups in total. The van der Waals surface area contributed by atoms with Crippen molar-refractivity contribution in [2.45, 2.75) is 40.2 Å². The molecule has 0 saturated heterocycles. The number of rotatable bonds is 6. The molecule has 0 aliphatic heterocycles. The van der Waals surface area contributed by atoms with Gasteiger partial charge in [0.2, 0.25) is 0 Å². The minimum absolute atomic E-state index is 0.383. The highest BCUT2D eigenvalue weighted by Gasteiger charge is 2.17. The van der Waals surface area contributed by atoms with Crippen molar-refractivity contribution in [1.82, 2.24) is 15.2 Å². The summed E-state index contributed by atoms with van der Waals surface area (Å²) in [6.07, 6.45) is 3.95. The van der Waals surface area contributed by atoms with Crippen molar-refractivity contribution in [2.24, 2.45) is 0 Å². The molecule has 0 radical (unpaired) electrons. The average molecular weight is 552 g/mol. The highest BCUT2D eigenvalue weighted by atomic mass is 35.5. The van der Waals surface area contributed by atoms with Gasteiger partial charge in [0, 0.05) is 29.0 Å². The van der Waals surface area contributed by atoms with Crippen molar-refractivity contribution in [3.05, 3.63) is 86.2 Å². The number of H-pyrrole nitrogens is 1. The van der Waals surface area contributed by atoms with E-state index in [4.69, 9.17) is 51.1 Å². The molecule has 0 aliphatic carbocycles. The fraction of sp³-hybridized carbons (Fsp3) is 0.231. The lowest BCUT2D eigenvalue weighted by molar-refractivity contribution is 0.227. The van der Waals surface area contributed by atoms with Crippen LogP contribution in [-0.4, -0.2) is 15.2 Å². The van der Waals surface area contributed by atoms with Crippen LogP contribution in [0, 0.1) is 6.92 Å². The molecular weight excluding hydrogens is 526 g/mol. The van der Waals surface area contributed by atoms with Gasteiger partial charge in [-0.1, -0.05) is 73.3 Å². The Hall–Kier alpha value is -2.44. The Morgan fingerprint density at radius 2 is 1.66 bits per heavy atom. The number of benzene rings is 2. The zero-order chi connectivity index (χ0) is 25.7. The molecular formula is C26H26Cl4N4O. The molecule has 0 fully saturated rings. The van der Waals surface area contributed by atoms with Crippen LogP contribution in [0.15, 0.2) is 49.3 Å². The Morgan fingerprint density at radius 1 is 1.03 bits per heavy atom. The van der Waals surface area contributed by atoms with Crippen LogP contribution in [0.5, 0.6) is 5.75 Å². The second-order valence-corrected chi connectivity index (χ2v) is 9.58. The number of ether oxygens (including phenoxy) is 1. The number of aryl methyl sites for hydroxylation is 1. The van der Waals surface area contributed by atoms with Gasteiger partial charge in [-0.05, 0) is 49.7 Å². The fourth-order valence-corrected chi connectivity index (χ4v) is 4.43. The van der Waals surface area contributed by atoms with Crippen LogP contribution < -0.4 is 10.1 Å². The Morgan fingerprint density at radius 3 is 2.31 bits per heavy atom. The van der Waals surface area contributed by atoms with Gasteiger partial charge >= 0.3 is 0 Å². The third-order valence-electron chi connectivity index (χ3n) is 4.98. The van der Waals surface area contributed by atoms with Crippen molar-refractivity contribution < 1.29 is 4.74 Å². The molecule has 0 bridgehead atoms. The molecule has 1 atom stereocenters. The lowest BCUT2D eigenvalue weighted by Gasteiger charge is -2.17. The first kappa shape index (κ1) is 27.2. The summed E-state index contributed by atoms with van der Waals surface area (Å²) in [7, 11) is 0. The van der Waals surface area contributed by atoms with Crippen molar-refractivity contribution >= 4 is 68.7 Å². The number of anilines is 1. The van der Waals surface area contributed by atoms with Crippen LogP contribution in [0.4, 0.5) is 5.69 Å². The minimum atomic E-state index is -0.383. The van der Waals surface area contributed by atoms with Gasteiger partial charge < -0.3 is 10.1 Å². The number of nitrogens with one attached hydrogen (secondary N) is 2. The predicted molar refractivity (Wildman–Crippen MR) is 149 cm³/mol. The number of aromatic nitrogens is 3. The van der Waals surface area contributed by atoms with Gasteiger partial charge in [0.1, 0.15) is 17.5 Å². The summed E-state index contributed by atoms with van der Waals surface area (Å²) in [5.41, 5.74) is 4.51. The lowest BCUT2D eigenvalue weighted by Crippen LogP contribution is -2.05. The van der Waals surface area contributed by atoms with Gasteiger partial charge in [0.05, 0.1) is 31.3 Å². The van der Waals surface area contributed by atoms with E-state index in [1.54, 1.807) is 24.5 Å². The van der Waals surface area contributed by atoms with Crippen LogP contribution in [0.2, 0.25) is 20.1 Å². The summed E-state index contributed by atoms with van der Waals surface area (Å²) >= 11 is 24.8. The lowest BCUT2D eigenvalue weighted by atomic mass is 10.1. The molecule has 2 heterocycles. The maximum Gasteiger partial charge on any atom is 0.124 e. The maximum absolute atomic E-state index is 6.27. The normalized spacial score (nSPS) is 11.5. The molecule has 1 unspecified atom stereocenters. The quantitative estimate of drug-likeness (QED) is 0.250. The van der Waals surface area contributed by atoms with E-state index >= 15 is 0 Å². The molecule has 35 heavy (non-hydrogen) atoms. The number of halogens is 4. The fourth-order valence-electron chi connectivity index (χ4n) is 3.37. The molecule has 5 nitrogen and oxygen atoms in total. The summed E-state index contributed by atoms with van der Waals surface area (Å²) in [5.74, 6) is 0.634. The van der Waals surface area contributed by atoms with Crippen LogP contribution >= 0.6 is 46.4 Å². The third-order valence-corrected chi connectivity index (χ3v) is 6.31. The Kier molecular flexibility index (Phi) is 9.31. The first-order chi connectivity index (χ1) is 16.7. The topological polar surface area (TPSA) is 62.8 Å². The van der Waals surface area contributed by atoms with E-state index in [9.17, 15) is 0 Å². The van der Waals surface area contributed by atoms with E-state index in [0.29, 0.717) is 42.8 Å². The van der Waals surface area contributed by atoms with Gasteiger partial charge in [-0.3, -0.25) is 10.1 Å². The van der Waals surface area contributed by atoms with Crippen molar-refractivity contribution in [1.29, 1.82) is 0 Å². The SMILES string of the molecule is C=C(Nc1cc(Cl)c(Cl)cc1C)c1n[nH]c2ccc(OC(C)c3c(Cl)cncc3Cl)cc12.CCC. The third kappa shape index (κ3) is 6.42. The maximum atomic E-state index is 6.27. The Labute approximate surface area is 225 Å². The predicted octanol–water partition coefficient (Wildman–Crippen LogP) is 9.52. The summed E-state index contributed by atoms with van der Waals surface area (Å²) < 4.78 is 6.12. The van der Waals surface area contributed by atoms with E-state index < -0.39 is 0 Å². The molecule has 2 aromatic carbocycles. The number of fused-ring (bicyclic) bond motifs is 1. The molecule has 0 saturated carbocycles. The van der Waals surface area contributed by atoms with Gasteiger partial charge in [-0.15, -0.1) is 0 Å². The van der Waals surface area contributed by atoms with Crippen molar-refractivity contribution in [2.75, 3.05) is 5.32 Å². The molecule has 4 rings (SSSR count). The molecule has 4 aromatic rings. The van der Waals surface area contributed by atoms with Crippen LogP contribution in [0.1, 0.15) is 50.1 Å². The summed E-state index contributed by atoms with van der Waals surface area (Å²) in [6.45, 7) is 12.2. The highest BCUT2D eigenvalue weighted by Crippen LogP contribution is 2.35. The first-order valence-corrected chi connectivity index (χ1v) is 12.5. The second kappa shape index (κ2) is 12.0. The zero-order valence-electron chi connectivity index (χ0n) is 19.8. The van der Waals surface area contributed by atoms with Crippen LogP contribution in [0.25, 0.3) is 16.6 Å². The highest BCUT2D eigenvalue weighted by molar-refractivity contribution is 6.42. The number of hydrogen-bond acceptors (Lipinski definition) is 4. The van der Waals surface area contributed by atoms with E-state index in [0.717, 1.165) is 22.2 Å². The smallest absolute Gasteiger partial charge is 0.124 e. The Balaban J connectivity index is 0.00000108. The van der Waals surface area contributed by atoms with Crippen LogP contribution in [-0.2, 0) is 0 Å². The molecule has 184 valence electrons. The number of aromatic amines is 1. The molecule has 2 aromatic heterocycles. The van der Waals surface area contributed by atoms with E-state index in [2.05, 4.69) is 40.9 Å². The largest absolute Gasteiger partial charge is 0.486 e. The van der Waals surface area contributed by atoms with E-state index in [1.165, 1.54) is 6.42 Å². The molecule has 0 spiro atoms. The molecule has 0 amide bonds. The molecule has 9 heteroatoms. The first-order valence-electron chi connectivity index (χ1n) is 11.0. The van der Waals surface area contributed by atoms with E-state index in [-0.39, 0.29) is 6.10 Å². The van der Waals surface area contributed by atoms with Gasteiger partial charge in [0.15, 0.2) is 0 Å². The Bertz CT molecular complexity index is 1330. The van der Waals surface area contributed by atoms with E-state index in [1.807, 2.05) is 32.0 Å². The van der Waals surface area contributed by atoms with Crippen molar-refractivity contribution in [3.8, 4) is 5.75 Å². The van der Waals surface area contributed by atoms with Crippen molar-refractivity contribution in [3.63, 3.8) is 0 Å². The summed E-state index contributed by atoms with van der Waals surface area (Å²) in [5, 5.41) is 13.4. The average Bonchev–Trinajstić information content (AvgIpc) is 3.21. The van der Waals surface area contributed by atoms with Gasteiger partial charge in [-0.25, -0.2) is 0 Å². The zero-order valence-corrected chi connectivity index (χ0v) is 22.9. The van der Waals surface area contributed by atoms with Gasteiger partial charge in [-0.2, -0.15) is 5.10 Å². The summed E-state index contributed by atoms with van der Waals surface area (Å²) in [4.78, 5) is 3.99. The number of pyridine rings is 1. The number of nitrogens with zero attached hydrogens (tertiary/aromatic N) is 2. The molecule has 0 aliphatic rings.